The lowest BCUT2D eigenvalue weighted by Gasteiger charge is -2.30. The Morgan fingerprint density at radius 3 is 2.89 bits per heavy atom. The molecule has 1 atom stereocenters. The van der Waals surface area contributed by atoms with Gasteiger partial charge in [-0.05, 0) is 31.4 Å². The topological polar surface area (TPSA) is 32.3 Å². The number of hydrogen-bond acceptors (Lipinski definition) is 2. The predicted molar refractivity (Wildman–Crippen MR) is 73.4 cm³/mol. The van der Waals surface area contributed by atoms with Gasteiger partial charge in [0.25, 0.3) is 0 Å². The fraction of sp³-hybridized carbons (Fsp3) is 0.533. The number of piperidine rings is 1. The number of likely N-dealkylation sites (tertiary alicyclic amines) is 1. The summed E-state index contributed by atoms with van der Waals surface area (Å²) in [6, 6.07) is 6.97. The standard InChI is InChI=1S/C15H22N2O/c1-11-4-5-12(2)13(8-11)9-16-14-6-7-15(18)17(3)10-14/h4-5,8,14,16H,6-7,9-10H2,1-3H3. The number of carbonyl (C=O) groups excluding carboxylic acids is 1. The quantitative estimate of drug-likeness (QED) is 0.885. The van der Waals surface area contributed by atoms with Crippen molar-refractivity contribution in [2.45, 2.75) is 39.3 Å². The van der Waals surface area contributed by atoms with Crippen molar-refractivity contribution in [1.82, 2.24) is 10.2 Å². The lowest BCUT2D eigenvalue weighted by atomic mass is 10.0. The fourth-order valence-electron chi connectivity index (χ4n) is 2.42. The Labute approximate surface area is 109 Å². The van der Waals surface area contributed by atoms with Gasteiger partial charge in [-0.2, -0.15) is 0 Å². The van der Waals surface area contributed by atoms with Gasteiger partial charge in [0, 0.05) is 32.6 Å². The van der Waals surface area contributed by atoms with Crippen LogP contribution >= 0.6 is 0 Å². The lowest BCUT2D eigenvalue weighted by molar-refractivity contribution is -0.132. The Bertz CT molecular complexity index is 442. The number of rotatable bonds is 3. The molecule has 0 radical (unpaired) electrons. The summed E-state index contributed by atoms with van der Waals surface area (Å²) in [4.78, 5) is 13.2. The fourth-order valence-corrected chi connectivity index (χ4v) is 2.42. The summed E-state index contributed by atoms with van der Waals surface area (Å²) in [5.41, 5.74) is 3.98. The normalized spacial score (nSPS) is 20.3. The van der Waals surface area contributed by atoms with Crippen LogP contribution in [0.3, 0.4) is 0 Å². The molecule has 3 nitrogen and oxygen atoms in total. The number of hydrogen-bond donors (Lipinski definition) is 1. The first kappa shape index (κ1) is 13.1. The van der Waals surface area contributed by atoms with Crippen LogP contribution in [0.4, 0.5) is 0 Å². The Hall–Kier alpha value is -1.35. The number of likely N-dealkylation sites (N-methyl/N-ethyl adjacent to an activating group) is 1. The van der Waals surface area contributed by atoms with E-state index in [1.54, 1.807) is 0 Å². The minimum atomic E-state index is 0.264. The molecule has 98 valence electrons. The van der Waals surface area contributed by atoms with E-state index in [0.717, 1.165) is 19.5 Å². The average molecular weight is 246 g/mol. The maximum absolute atomic E-state index is 11.4. The van der Waals surface area contributed by atoms with Gasteiger partial charge < -0.3 is 10.2 Å². The molecule has 0 aromatic heterocycles. The number of nitrogens with one attached hydrogen (secondary N) is 1. The van der Waals surface area contributed by atoms with Gasteiger partial charge in [-0.1, -0.05) is 23.8 Å². The van der Waals surface area contributed by atoms with Gasteiger partial charge >= 0.3 is 0 Å². The second-order valence-corrected chi connectivity index (χ2v) is 5.32. The summed E-state index contributed by atoms with van der Waals surface area (Å²) in [7, 11) is 1.88. The highest BCUT2D eigenvalue weighted by Crippen LogP contribution is 2.13. The molecule has 2 rings (SSSR count). The van der Waals surface area contributed by atoms with Crippen molar-refractivity contribution in [2.75, 3.05) is 13.6 Å². The van der Waals surface area contributed by atoms with Crippen molar-refractivity contribution in [3.05, 3.63) is 34.9 Å². The third-order valence-electron chi connectivity index (χ3n) is 3.71. The van der Waals surface area contributed by atoms with Crippen LogP contribution < -0.4 is 5.32 Å². The molecule has 0 saturated carbocycles. The van der Waals surface area contributed by atoms with Gasteiger partial charge in [0.05, 0.1) is 0 Å². The summed E-state index contributed by atoms with van der Waals surface area (Å²) in [5.74, 6) is 0.264. The number of carbonyl (C=O) groups is 1. The molecule has 1 amide bonds. The molecular formula is C15H22N2O. The first-order chi connectivity index (χ1) is 8.56. The van der Waals surface area contributed by atoms with E-state index in [0.29, 0.717) is 12.5 Å². The van der Waals surface area contributed by atoms with Crippen molar-refractivity contribution in [2.24, 2.45) is 0 Å². The largest absolute Gasteiger partial charge is 0.344 e. The molecule has 1 aromatic rings. The van der Waals surface area contributed by atoms with Crippen LogP contribution in [0, 0.1) is 13.8 Å². The molecule has 0 spiro atoms. The Kier molecular flexibility index (Phi) is 4.02. The van der Waals surface area contributed by atoms with Gasteiger partial charge in [-0.25, -0.2) is 0 Å². The van der Waals surface area contributed by atoms with Crippen LogP contribution in [-0.2, 0) is 11.3 Å². The Morgan fingerprint density at radius 2 is 2.17 bits per heavy atom. The zero-order valence-electron chi connectivity index (χ0n) is 11.5. The number of benzene rings is 1. The van der Waals surface area contributed by atoms with E-state index in [4.69, 9.17) is 0 Å². The van der Waals surface area contributed by atoms with E-state index < -0.39 is 0 Å². The monoisotopic (exact) mass is 246 g/mol. The second-order valence-electron chi connectivity index (χ2n) is 5.32. The smallest absolute Gasteiger partial charge is 0.222 e. The SMILES string of the molecule is Cc1ccc(C)c(CNC2CCC(=O)N(C)C2)c1. The number of nitrogens with zero attached hydrogens (tertiary/aromatic N) is 1. The van der Waals surface area contributed by atoms with Crippen LogP contribution in [0.25, 0.3) is 0 Å². The maximum atomic E-state index is 11.4. The van der Waals surface area contributed by atoms with Crippen LogP contribution in [-0.4, -0.2) is 30.4 Å². The molecule has 1 N–H and O–H groups in total. The van der Waals surface area contributed by atoms with Crippen LogP contribution in [0.1, 0.15) is 29.5 Å². The van der Waals surface area contributed by atoms with Crippen molar-refractivity contribution in [1.29, 1.82) is 0 Å². The highest BCUT2D eigenvalue weighted by atomic mass is 16.2. The Balaban J connectivity index is 1.91. The third kappa shape index (κ3) is 3.10. The van der Waals surface area contributed by atoms with Crippen LogP contribution in [0.2, 0.25) is 0 Å². The van der Waals surface area contributed by atoms with E-state index in [1.807, 2.05) is 11.9 Å². The van der Waals surface area contributed by atoms with E-state index >= 15 is 0 Å². The zero-order valence-corrected chi connectivity index (χ0v) is 11.5. The van der Waals surface area contributed by atoms with Gasteiger partial charge in [0.2, 0.25) is 5.91 Å². The number of amides is 1. The van der Waals surface area contributed by atoms with Crippen molar-refractivity contribution < 1.29 is 4.79 Å². The van der Waals surface area contributed by atoms with Gasteiger partial charge in [0.1, 0.15) is 0 Å². The molecular weight excluding hydrogens is 224 g/mol. The Morgan fingerprint density at radius 1 is 1.39 bits per heavy atom. The summed E-state index contributed by atoms with van der Waals surface area (Å²) >= 11 is 0. The summed E-state index contributed by atoms with van der Waals surface area (Å²) in [5, 5.41) is 3.56. The molecule has 1 fully saturated rings. The average Bonchev–Trinajstić information content (AvgIpc) is 2.34. The lowest BCUT2D eigenvalue weighted by Crippen LogP contribution is -2.46. The molecule has 18 heavy (non-hydrogen) atoms. The molecule has 3 heteroatoms. The van der Waals surface area contributed by atoms with E-state index in [2.05, 4.69) is 37.4 Å². The zero-order chi connectivity index (χ0) is 13.1. The molecule has 1 aliphatic heterocycles. The van der Waals surface area contributed by atoms with E-state index in [9.17, 15) is 4.79 Å². The number of aryl methyl sites for hydroxylation is 2. The van der Waals surface area contributed by atoms with Crippen molar-refractivity contribution >= 4 is 5.91 Å². The highest BCUT2D eigenvalue weighted by molar-refractivity contribution is 5.76. The summed E-state index contributed by atoms with van der Waals surface area (Å²) < 4.78 is 0. The summed E-state index contributed by atoms with van der Waals surface area (Å²) in [6.45, 7) is 5.98. The second kappa shape index (κ2) is 5.53. The third-order valence-corrected chi connectivity index (χ3v) is 3.71. The predicted octanol–water partition coefficient (Wildman–Crippen LogP) is 2.01. The first-order valence-electron chi connectivity index (χ1n) is 6.60. The molecule has 0 bridgehead atoms. The molecule has 1 saturated heterocycles. The van der Waals surface area contributed by atoms with E-state index in [-0.39, 0.29) is 5.91 Å². The van der Waals surface area contributed by atoms with Crippen LogP contribution in [0.5, 0.6) is 0 Å². The molecule has 1 unspecified atom stereocenters. The minimum absolute atomic E-state index is 0.264. The van der Waals surface area contributed by atoms with Gasteiger partial charge in [-0.3, -0.25) is 4.79 Å². The molecule has 1 aliphatic rings. The molecule has 1 aromatic carbocycles. The maximum Gasteiger partial charge on any atom is 0.222 e. The molecule has 1 heterocycles. The summed E-state index contributed by atoms with van der Waals surface area (Å²) in [6.07, 6.45) is 1.62. The van der Waals surface area contributed by atoms with E-state index in [1.165, 1.54) is 16.7 Å². The van der Waals surface area contributed by atoms with Crippen molar-refractivity contribution in [3.8, 4) is 0 Å². The first-order valence-corrected chi connectivity index (χ1v) is 6.60. The van der Waals surface area contributed by atoms with Crippen molar-refractivity contribution in [3.63, 3.8) is 0 Å². The minimum Gasteiger partial charge on any atom is -0.344 e. The van der Waals surface area contributed by atoms with Crippen LogP contribution in [0.15, 0.2) is 18.2 Å². The highest BCUT2D eigenvalue weighted by Gasteiger charge is 2.22. The van der Waals surface area contributed by atoms with Gasteiger partial charge in [0.15, 0.2) is 0 Å². The molecule has 0 aliphatic carbocycles. The van der Waals surface area contributed by atoms with Gasteiger partial charge in [-0.15, -0.1) is 0 Å².